The molecule has 1 rings (SSSR count). The molecule has 82 valence electrons. The van der Waals surface area contributed by atoms with E-state index in [2.05, 4.69) is 13.5 Å². The zero-order valence-electron chi connectivity index (χ0n) is 9.13. The molecule has 1 aliphatic rings. The minimum Gasteiger partial charge on any atom is -0.396 e. The molecular formula is C12H22O2. The van der Waals surface area contributed by atoms with Crippen LogP contribution in [0.3, 0.4) is 0 Å². The van der Waals surface area contributed by atoms with Crippen LogP contribution < -0.4 is 0 Å². The normalized spacial score (nSPS) is 32.9. The van der Waals surface area contributed by atoms with Crippen molar-refractivity contribution >= 4 is 0 Å². The van der Waals surface area contributed by atoms with Gasteiger partial charge in [0.2, 0.25) is 0 Å². The summed E-state index contributed by atoms with van der Waals surface area (Å²) in [6.07, 6.45) is 5.30. The maximum Gasteiger partial charge on any atom is 0.0649 e. The molecule has 2 nitrogen and oxygen atoms in total. The van der Waals surface area contributed by atoms with E-state index in [0.717, 1.165) is 32.1 Å². The van der Waals surface area contributed by atoms with Gasteiger partial charge >= 0.3 is 0 Å². The second kappa shape index (κ2) is 4.94. The van der Waals surface area contributed by atoms with Crippen LogP contribution in [0.15, 0.2) is 12.2 Å². The molecule has 0 unspecified atom stereocenters. The molecule has 0 bridgehead atoms. The lowest BCUT2D eigenvalue weighted by atomic mass is 9.75. The van der Waals surface area contributed by atoms with E-state index in [9.17, 15) is 5.11 Å². The molecule has 0 spiro atoms. The molecule has 1 saturated carbocycles. The fraction of sp³-hybridized carbons (Fsp3) is 0.833. The van der Waals surface area contributed by atoms with Gasteiger partial charge in [0, 0.05) is 6.61 Å². The summed E-state index contributed by atoms with van der Waals surface area (Å²) in [5, 5.41) is 18.9. The van der Waals surface area contributed by atoms with Crippen LogP contribution in [0.25, 0.3) is 0 Å². The maximum atomic E-state index is 10.2. The van der Waals surface area contributed by atoms with Gasteiger partial charge < -0.3 is 10.2 Å². The van der Waals surface area contributed by atoms with Gasteiger partial charge in [-0.3, -0.25) is 0 Å². The van der Waals surface area contributed by atoms with Crippen molar-refractivity contribution in [2.24, 2.45) is 5.92 Å². The molecule has 0 aliphatic heterocycles. The highest BCUT2D eigenvalue weighted by Crippen LogP contribution is 2.37. The summed E-state index contributed by atoms with van der Waals surface area (Å²) >= 11 is 0. The van der Waals surface area contributed by atoms with Gasteiger partial charge in [-0.15, -0.1) is 0 Å². The van der Waals surface area contributed by atoms with Crippen LogP contribution in [0, 0.1) is 5.92 Å². The molecule has 0 aromatic rings. The number of hydrogen-bond acceptors (Lipinski definition) is 2. The van der Waals surface area contributed by atoms with E-state index in [4.69, 9.17) is 5.11 Å². The first-order chi connectivity index (χ1) is 6.57. The summed E-state index contributed by atoms with van der Waals surface area (Å²) in [5.74, 6) is 0.601. The average molecular weight is 198 g/mol. The second-order valence-electron chi connectivity index (χ2n) is 4.67. The highest BCUT2D eigenvalue weighted by atomic mass is 16.3. The van der Waals surface area contributed by atoms with Crippen LogP contribution in [0.5, 0.6) is 0 Å². The summed E-state index contributed by atoms with van der Waals surface area (Å²) in [5.41, 5.74) is 0.739. The average Bonchev–Trinajstić information content (AvgIpc) is 2.16. The second-order valence-corrected chi connectivity index (χ2v) is 4.67. The number of aliphatic hydroxyl groups is 2. The third-order valence-electron chi connectivity index (χ3n) is 3.41. The number of aliphatic hydroxyl groups excluding tert-OH is 1. The SMILES string of the molecule is C=C(C)C1CCC(O)(CCCO)CC1. The Labute approximate surface area is 86.6 Å². The fourth-order valence-corrected chi connectivity index (χ4v) is 2.31. The largest absolute Gasteiger partial charge is 0.396 e. The smallest absolute Gasteiger partial charge is 0.0649 e. The van der Waals surface area contributed by atoms with Crippen molar-refractivity contribution in [1.29, 1.82) is 0 Å². The minimum absolute atomic E-state index is 0.187. The molecule has 0 amide bonds. The summed E-state index contributed by atoms with van der Waals surface area (Å²) < 4.78 is 0. The van der Waals surface area contributed by atoms with Crippen molar-refractivity contribution in [3.8, 4) is 0 Å². The summed E-state index contributed by atoms with van der Waals surface area (Å²) in [6, 6.07) is 0. The third-order valence-corrected chi connectivity index (χ3v) is 3.41. The Morgan fingerprint density at radius 2 is 2.00 bits per heavy atom. The molecule has 0 atom stereocenters. The molecule has 14 heavy (non-hydrogen) atoms. The van der Waals surface area contributed by atoms with E-state index >= 15 is 0 Å². The first-order valence-corrected chi connectivity index (χ1v) is 5.56. The van der Waals surface area contributed by atoms with Crippen molar-refractivity contribution in [1.82, 2.24) is 0 Å². The van der Waals surface area contributed by atoms with Gasteiger partial charge in [0.25, 0.3) is 0 Å². The Kier molecular flexibility index (Phi) is 4.14. The van der Waals surface area contributed by atoms with Crippen molar-refractivity contribution < 1.29 is 10.2 Å². The van der Waals surface area contributed by atoms with Crippen LogP contribution in [0.4, 0.5) is 0 Å². The molecule has 0 aromatic carbocycles. The summed E-state index contributed by atoms with van der Waals surface area (Å²) in [4.78, 5) is 0. The molecule has 0 heterocycles. The number of allylic oxidation sites excluding steroid dienone is 1. The predicted octanol–water partition coefficient (Wildman–Crippen LogP) is 2.26. The lowest BCUT2D eigenvalue weighted by molar-refractivity contribution is -0.0171. The van der Waals surface area contributed by atoms with Gasteiger partial charge in [0.15, 0.2) is 0 Å². The van der Waals surface area contributed by atoms with Gasteiger partial charge in [0.1, 0.15) is 0 Å². The van der Waals surface area contributed by atoms with Crippen molar-refractivity contribution in [2.45, 2.75) is 51.0 Å². The third kappa shape index (κ3) is 3.10. The molecule has 0 aromatic heterocycles. The number of hydrogen-bond donors (Lipinski definition) is 2. The lowest BCUT2D eigenvalue weighted by Gasteiger charge is -2.36. The monoisotopic (exact) mass is 198 g/mol. The van der Waals surface area contributed by atoms with E-state index < -0.39 is 5.60 Å². The van der Waals surface area contributed by atoms with Gasteiger partial charge in [-0.05, 0) is 51.4 Å². The van der Waals surface area contributed by atoms with Crippen LogP contribution in [0.1, 0.15) is 45.4 Å². The standard InChI is InChI=1S/C12H22O2/c1-10(2)11-4-7-12(14,8-5-11)6-3-9-13/h11,13-14H,1,3-9H2,2H3. The Balaban J connectivity index is 2.36. The summed E-state index contributed by atoms with van der Waals surface area (Å²) in [7, 11) is 0. The van der Waals surface area contributed by atoms with Gasteiger partial charge in [-0.25, -0.2) is 0 Å². The highest BCUT2D eigenvalue weighted by Gasteiger charge is 2.32. The first-order valence-electron chi connectivity index (χ1n) is 5.56. The Bertz CT molecular complexity index is 190. The number of rotatable bonds is 4. The molecule has 1 fully saturated rings. The van der Waals surface area contributed by atoms with Crippen LogP contribution in [-0.2, 0) is 0 Å². The topological polar surface area (TPSA) is 40.5 Å². The van der Waals surface area contributed by atoms with Crippen LogP contribution in [-0.4, -0.2) is 22.4 Å². The fourth-order valence-electron chi connectivity index (χ4n) is 2.31. The molecule has 1 aliphatic carbocycles. The Morgan fingerprint density at radius 1 is 1.43 bits per heavy atom. The van der Waals surface area contributed by atoms with Gasteiger partial charge in [-0.2, -0.15) is 0 Å². The van der Waals surface area contributed by atoms with Gasteiger partial charge in [0.05, 0.1) is 5.60 Å². The predicted molar refractivity (Wildman–Crippen MR) is 58.0 cm³/mol. The maximum absolute atomic E-state index is 10.2. The molecule has 2 heteroatoms. The highest BCUT2D eigenvalue weighted by molar-refractivity contribution is 5.00. The van der Waals surface area contributed by atoms with Crippen LogP contribution >= 0.6 is 0 Å². The van der Waals surface area contributed by atoms with Gasteiger partial charge in [-0.1, -0.05) is 12.2 Å². The van der Waals surface area contributed by atoms with Crippen molar-refractivity contribution in [3.05, 3.63) is 12.2 Å². The van der Waals surface area contributed by atoms with Crippen molar-refractivity contribution in [3.63, 3.8) is 0 Å². The Hall–Kier alpha value is -0.340. The summed E-state index contributed by atoms with van der Waals surface area (Å²) in [6.45, 7) is 6.23. The van der Waals surface area contributed by atoms with Crippen molar-refractivity contribution in [2.75, 3.05) is 6.61 Å². The molecule has 0 saturated heterocycles. The van der Waals surface area contributed by atoms with E-state index in [1.165, 1.54) is 5.57 Å². The van der Waals surface area contributed by atoms with E-state index in [-0.39, 0.29) is 6.61 Å². The van der Waals surface area contributed by atoms with E-state index in [0.29, 0.717) is 12.3 Å². The minimum atomic E-state index is -0.505. The Morgan fingerprint density at radius 3 is 2.43 bits per heavy atom. The first kappa shape index (κ1) is 11.7. The molecule has 2 N–H and O–H groups in total. The van der Waals surface area contributed by atoms with Crippen LogP contribution in [0.2, 0.25) is 0 Å². The quantitative estimate of drug-likeness (QED) is 0.680. The van der Waals surface area contributed by atoms with E-state index in [1.54, 1.807) is 0 Å². The lowest BCUT2D eigenvalue weighted by Crippen LogP contribution is -2.34. The zero-order chi connectivity index (χ0) is 10.6. The molecular weight excluding hydrogens is 176 g/mol. The zero-order valence-corrected chi connectivity index (χ0v) is 9.13. The molecule has 0 radical (unpaired) electrons. The van der Waals surface area contributed by atoms with E-state index in [1.807, 2.05) is 0 Å².